The van der Waals surface area contributed by atoms with Gasteiger partial charge < -0.3 is 0 Å². The maximum atomic E-state index is 12.2. The van der Waals surface area contributed by atoms with Gasteiger partial charge in [0.1, 0.15) is 5.01 Å². The molecule has 0 aliphatic carbocycles. The van der Waals surface area contributed by atoms with E-state index in [4.69, 9.17) is 5.26 Å². The lowest BCUT2D eigenvalue weighted by Gasteiger charge is -2.04. The van der Waals surface area contributed by atoms with E-state index in [1.807, 2.05) is 18.2 Å². The molecule has 0 radical (unpaired) electrons. The molecular formula is C19H16N4OS. The summed E-state index contributed by atoms with van der Waals surface area (Å²) in [5, 5.41) is 20.9. The van der Waals surface area contributed by atoms with Gasteiger partial charge in [-0.2, -0.15) is 5.26 Å². The molecule has 0 aliphatic heterocycles. The van der Waals surface area contributed by atoms with E-state index in [1.165, 1.54) is 16.9 Å². The quantitative estimate of drug-likeness (QED) is 0.755. The van der Waals surface area contributed by atoms with Gasteiger partial charge in [0.15, 0.2) is 0 Å². The second-order valence-electron chi connectivity index (χ2n) is 5.83. The molecule has 1 amide bonds. The van der Waals surface area contributed by atoms with Gasteiger partial charge in [-0.3, -0.25) is 10.1 Å². The van der Waals surface area contributed by atoms with Gasteiger partial charge in [-0.1, -0.05) is 49.4 Å². The van der Waals surface area contributed by atoms with E-state index in [1.54, 1.807) is 24.3 Å². The molecule has 0 spiro atoms. The van der Waals surface area contributed by atoms with Crippen LogP contribution in [-0.4, -0.2) is 16.1 Å². The van der Waals surface area contributed by atoms with Crippen LogP contribution in [0.3, 0.4) is 0 Å². The lowest BCUT2D eigenvalue weighted by atomic mass is 10.0. The second-order valence-corrected chi connectivity index (χ2v) is 6.81. The molecule has 0 unspecified atom stereocenters. The minimum Gasteiger partial charge on any atom is -0.296 e. The van der Waals surface area contributed by atoms with E-state index in [-0.39, 0.29) is 5.91 Å². The lowest BCUT2D eigenvalue weighted by Crippen LogP contribution is -2.11. The zero-order valence-corrected chi connectivity index (χ0v) is 14.7. The number of carbonyl (C=O) groups is 1. The van der Waals surface area contributed by atoms with Crippen molar-refractivity contribution in [3.63, 3.8) is 0 Å². The highest BCUT2D eigenvalue weighted by atomic mass is 32.1. The molecule has 0 fully saturated rings. The zero-order chi connectivity index (χ0) is 17.8. The number of nitriles is 1. The molecule has 1 aromatic heterocycles. The molecule has 25 heavy (non-hydrogen) atoms. The Kier molecular flexibility index (Phi) is 4.87. The third-order valence-electron chi connectivity index (χ3n) is 3.75. The van der Waals surface area contributed by atoms with E-state index in [0.29, 0.717) is 22.2 Å². The number of amides is 1. The first-order chi connectivity index (χ1) is 12.1. The van der Waals surface area contributed by atoms with E-state index < -0.39 is 0 Å². The Bertz CT molecular complexity index is 921. The van der Waals surface area contributed by atoms with Crippen LogP contribution in [0.4, 0.5) is 5.13 Å². The Balaban J connectivity index is 1.72. The summed E-state index contributed by atoms with van der Waals surface area (Å²) in [6.07, 6.45) is 0. The third kappa shape index (κ3) is 3.90. The van der Waals surface area contributed by atoms with E-state index >= 15 is 0 Å². The molecule has 3 rings (SSSR count). The van der Waals surface area contributed by atoms with Crippen molar-refractivity contribution in [2.75, 3.05) is 5.32 Å². The maximum Gasteiger partial charge on any atom is 0.257 e. The van der Waals surface area contributed by atoms with Crippen LogP contribution in [-0.2, 0) is 0 Å². The Morgan fingerprint density at radius 3 is 2.36 bits per heavy atom. The summed E-state index contributed by atoms with van der Waals surface area (Å²) in [5.41, 5.74) is 3.22. The number of nitrogens with zero attached hydrogens (tertiary/aromatic N) is 3. The van der Waals surface area contributed by atoms with Gasteiger partial charge in [0.05, 0.1) is 11.6 Å². The van der Waals surface area contributed by atoms with Crippen molar-refractivity contribution in [2.24, 2.45) is 0 Å². The minimum absolute atomic E-state index is 0.276. The highest BCUT2D eigenvalue weighted by molar-refractivity contribution is 7.18. The molecule has 0 saturated carbocycles. The predicted octanol–water partition coefficient (Wildman–Crippen LogP) is 4.45. The Morgan fingerprint density at radius 1 is 1.08 bits per heavy atom. The summed E-state index contributed by atoms with van der Waals surface area (Å²) in [5.74, 6) is 0.202. The number of benzene rings is 2. The van der Waals surface area contributed by atoms with Crippen molar-refractivity contribution < 1.29 is 4.79 Å². The van der Waals surface area contributed by atoms with Crippen LogP contribution in [0.25, 0.3) is 10.6 Å². The van der Waals surface area contributed by atoms with Crippen LogP contribution in [0.15, 0.2) is 48.5 Å². The molecule has 124 valence electrons. The van der Waals surface area contributed by atoms with Crippen LogP contribution in [0.1, 0.15) is 41.3 Å². The number of hydrogen-bond acceptors (Lipinski definition) is 5. The average Bonchev–Trinajstić information content (AvgIpc) is 3.10. The minimum atomic E-state index is -0.276. The average molecular weight is 348 g/mol. The van der Waals surface area contributed by atoms with Crippen LogP contribution in [0, 0.1) is 11.3 Å². The first-order valence-electron chi connectivity index (χ1n) is 7.82. The van der Waals surface area contributed by atoms with Gasteiger partial charge in [0.25, 0.3) is 5.91 Å². The number of aromatic nitrogens is 2. The van der Waals surface area contributed by atoms with Crippen molar-refractivity contribution >= 4 is 22.4 Å². The van der Waals surface area contributed by atoms with Crippen LogP contribution < -0.4 is 5.32 Å². The molecule has 6 heteroatoms. The highest BCUT2D eigenvalue weighted by Gasteiger charge is 2.11. The Labute approximate surface area is 150 Å². The summed E-state index contributed by atoms with van der Waals surface area (Å²) in [6.45, 7) is 4.30. The molecule has 1 N–H and O–H groups in total. The molecule has 0 saturated heterocycles. The van der Waals surface area contributed by atoms with Gasteiger partial charge in [-0.25, -0.2) is 0 Å². The normalized spacial score (nSPS) is 10.5. The molecule has 0 atom stereocenters. The summed E-state index contributed by atoms with van der Waals surface area (Å²) in [4.78, 5) is 12.2. The van der Waals surface area contributed by atoms with Gasteiger partial charge >= 0.3 is 0 Å². The topological polar surface area (TPSA) is 78.7 Å². The molecule has 3 aromatic rings. The first-order valence-corrected chi connectivity index (χ1v) is 8.64. The first kappa shape index (κ1) is 16.8. The molecule has 2 aromatic carbocycles. The van der Waals surface area contributed by atoms with Gasteiger partial charge in [0, 0.05) is 11.1 Å². The monoisotopic (exact) mass is 348 g/mol. The number of anilines is 1. The summed E-state index contributed by atoms with van der Waals surface area (Å²) in [7, 11) is 0. The van der Waals surface area contributed by atoms with Crippen molar-refractivity contribution in [1.29, 1.82) is 5.26 Å². The van der Waals surface area contributed by atoms with Gasteiger partial charge in [-0.15, -0.1) is 10.2 Å². The Hall–Kier alpha value is -3.04. The van der Waals surface area contributed by atoms with Crippen molar-refractivity contribution in [2.45, 2.75) is 19.8 Å². The third-order valence-corrected chi connectivity index (χ3v) is 4.63. The molecule has 0 aliphatic rings. The lowest BCUT2D eigenvalue weighted by molar-refractivity contribution is 0.102. The highest BCUT2D eigenvalue weighted by Crippen LogP contribution is 2.28. The van der Waals surface area contributed by atoms with Crippen molar-refractivity contribution in [3.8, 4) is 16.6 Å². The summed E-state index contributed by atoms with van der Waals surface area (Å²) < 4.78 is 0. The van der Waals surface area contributed by atoms with Crippen molar-refractivity contribution in [1.82, 2.24) is 10.2 Å². The number of hydrogen-bond donors (Lipinski definition) is 1. The zero-order valence-electron chi connectivity index (χ0n) is 13.9. The van der Waals surface area contributed by atoms with E-state index in [9.17, 15) is 4.79 Å². The van der Waals surface area contributed by atoms with Gasteiger partial charge in [-0.05, 0) is 35.7 Å². The Morgan fingerprint density at radius 2 is 1.76 bits per heavy atom. The largest absolute Gasteiger partial charge is 0.296 e. The van der Waals surface area contributed by atoms with Crippen LogP contribution in [0.2, 0.25) is 0 Å². The second kappa shape index (κ2) is 7.24. The van der Waals surface area contributed by atoms with E-state index in [2.05, 4.69) is 41.5 Å². The molecule has 0 bridgehead atoms. The molecule has 5 nitrogen and oxygen atoms in total. The summed E-state index contributed by atoms with van der Waals surface area (Å²) >= 11 is 1.32. The molecular weight excluding hydrogens is 332 g/mol. The standard InChI is InChI=1S/C19H16N4OS/c1-12(2)14-7-9-16(10-8-14)18-22-23-19(25-18)21-17(24)15-5-3-13(11-20)4-6-15/h3-10,12H,1-2H3,(H,21,23,24). The van der Waals surface area contributed by atoms with Crippen LogP contribution in [0.5, 0.6) is 0 Å². The fourth-order valence-corrected chi connectivity index (χ4v) is 3.01. The fraction of sp³-hybridized carbons (Fsp3) is 0.158. The van der Waals surface area contributed by atoms with Crippen molar-refractivity contribution in [3.05, 3.63) is 65.2 Å². The maximum absolute atomic E-state index is 12.2. The number of carbonyl (C=O) groups excluding carboxylic acids is 1. The number of rotatable bonds is 4. The molecule has 1 heterocycles. The van der Waals surface area contributed by atoms with Crippen LogP contribution >= 0.6 is 11.3 Å². The SMILES string of the molecule is CC(C)c1ccc(-c2nnc(NC(=O)c3ccc(C#N)cc3)s2)cc1. The fourth-order valence-electron chi connectivity index (χ4n) is 2.27. The summed E-state index contributed by atoms with van der Waals surface area (Å²) in [6, 6.07) is 16.7. The smallest absolute Gasteiger partial charge is 0.257 e. The van der Waals surface area contributed by atoms with Gasteiger partial charge in [0.2, 0.25) is 5.13 Å². The van der Waals surface area contributed by atoms with E-state index in [0.717, 1.165) is 10.6 Å². The number of nitrogens with one attached hydrogen (secondary N) is 1. The predicted molar refractivity (Wildman–Crippen MR) is 98.5 cm³/mol.